The Morgan fingerprint density at radius 2 is 2.00 bits per heavy atom. The van der Waals surface area contributed by atoms with Gasteiger partial charge in [-0.2, -0.15) is 0 Å². The molecule has 1 aliphatic rings. The standard InChI is InChI=1S/C15H23FN2O2/c1-12(19)14-4-3-13(16)11-15(14)20-10-9-18-7-5-17(2)6-8-18/h3-4,11-12,19H,5-10H2,1-2H3. The number of halogens is 1. The Hall–Kier alpha value is -1.17. The van der Waals surface area contributed by atoms with Crippen LogP contribution in [-0.2, 0) is 0 Å². The predicted octanol–water partition coefficient (Wildman–Crippen LogP) is 1.51. The average Bonchev–Trinajstić information content (AvgIpc) is 2.41. The summed E-state index contributed by atoms with van der Waals surface area (Å²) in [5.74, 6) is 0.0955. The summed E-state index contributed by atoms with van der Waals surface area (Å²) < 4.78 is 18.9. The number of aliphatic hydroxyl groups excluding tert-OH is 1. The van der Waals surface area contributed by atoms with Gasteiger partial charge < -0.3 is 14.7 Å². The van der Waals surface area contributed by atoms with Gasteiger partial charge in [-0.3, -0.25) is 4.90 Å². The average molecular weight is 282 g/mol. The molecule has 0 bridgehead atoms. The summed E-state index contributed by atoms with van der Waals surface area (Å²) in [7, 11) is 2.12. The molecule has 1 heterocycles. The van der Waals surface area contributed by atoms with Crippen molar-refractivity contribution in [3.63, 3.8) is 0 Å². The van der Waals surface area contributed by atoms with Crippen LogP contribution in [0.4, 0.5) is 4.39 Å². The smallest absolute Gasteiger partial charge is 0.128 e. The summed E-state index contributed by atoms with van der Waals surface area (Å²) in [5, 5.41) is 9.65. The lowest BCUT2D eigenvalue weighted by molar-refractivity contribution is 0.131. The van der Waals surface area contributed by atoms with Crippen LogP contribution in [0.15, 0.2) is 18.2 Å². The van der Waals surface area contributed by atoms with Gasteiger partial charge in [0.25, 0.3) is 0 Å². The van der Waals surface area contributed by atoms with Crippen LogP contribution >= 0.6 is 0 Å². The molecule has 20 heavy (non-hydrogen) atoms. The second-order valence-corrected chi connectivity index (χ2v) is 5.35. The number of hydrogen-bond donors (Lipinski definition) is 1. The maximum atomic E-state index is 13.3. The molecule has 1 aromatic carbocycles. The summed E-state index contributed by atoms with van der Waals surface area (Å²) in [6.07, 6.45) is -0.658. The zero-order valence-corrected chi connectivity index (χ0v) is 12.2. The summed E-state index contributed by atoms with van der Waals surface area (Å²) in [5.41, 5.74) is 0.629. The number of hydrogen-bond acceptors (Lipinski definition) is 4. The lowest BCUT2D eigenvalue weighted by atomic mass is 10.1. The zero-order chi connectivity index (χ0) is 14.5. The van der Waals surface area contributed by atoms with Gasteiger partial charge in [0, 0.05) is 44.4 Å². The first-order valence-corrected chi connectivity index (χ1v) is 7.07. The number of rotatable bonds is 5. The topological polar surface area (TPSA) is 35.9 Å². The van der Waals surface area contributed by atoms with E-state index in [1.165, 1.54) is 12.1 Å². The highest BCUT2D eigenvalue weighted by molar-refractivity contribution is 5.35. The molecule has 112 valence electrons. The number of likely N-dealkylation sites (N-methyl/N-ethyl adjacent to an activating group) is 1. The minimum absolute atomic E-state index is 0.344. The molecule has 1 atom stereocenters. The monoisotopic (exact) mass is 282 g/mol. The van der Waals surface area contributed by atoms with Crippen LogP contribution in [0.2, 0.25) is 0 Å². The van der Waals surface area contributed by atoms with Crippen LogP contribution in [0.5, 0.6) is 5.75 Å². The van der Waals surface area contributed by atoms with Gasteiger partial charge in [-0.25, -0.2) is 4.39 Å². The fraction of sp³-hybridized carbons (Fsp3) is 0.600. The quantitative estimate of drug-likeness (QED) is 0.888. The number of ether oxygens (including phenoxy) is 1. The number of aliphatic hydroxyl groups is 1. The van der Waals surface area contributed by atoms with E-state index in [9.17, 15) is 9.50 Å². The molecular formula is C15H23FN2O2. The molecule has 4 nitrogen and oxygen atoms in total. The van der Waals surface area contributed by atoms with Gasteiger partial charge in [0.05, 0.1) is 6.10 Å². The van der Waals surface area contributed by atoms with Crippen LogP contribution in [0.1, 0.15) is 18.6 Å². The molecule has 1 unspecified atom stereocenters. The van der Waals surface area contributed by atoms with Crippen molar-refractivity contribution < 1.29 is 14.2 Å². The SMILES string of the molecule is CC(O)c1ccc(F)cc1OCCN1CCN(C)CC1. The molecule has 1 aromatic rings. The van der Waals surface area contributed by atoms with Crippen molar-refractivity contribution in [2.45, 2.75) is 13.0 Å². The number of nitrogens with zero attached hydrogens (tertiary/aromatic N) is 2. The van der Waals surface area contributed by atoms with Gasteiger partial charge in [-0.15, -0.1) is 0 Å². The fourth-order valence-electron chi connectivity index (χ4n) is 2.33. The molecule has 0 aliphatic carbocycles. The highest BCUT2D eigenvalue weighted by Gasteiger charge is 2.14. The molecule has 0 spiro atoms. The molecule has 1 aliphatic heterocycles. The van der Waals surface area contributed by atoms with Crippen molar-refractivity contribution in [3.8, 4) is 5.75 Å². The first-order chi connectivity index (χ1) is 9.56. The van der Waals surface area contributed by atoms with E-state index < -0.39 is 6.10 Å². The van der Waals surface area contributed by atoms with Gasteiger partial charge in [0.1, 0.15) is 18.2 Å². The van der Waals surface area contributed by atoms with Crippen molar-refractivity contribution in [2.24, 2.45) is 0 Å². The maximum Gasteiger partial charge on any atom is 0.128 e. The lowest BCUT2D eigenvalue weighted by Crippen LogP contribution is -2.45. The number of piperazine rings is 1. The van der Waals surface area contributed by atoms with E-state index in [1.54, 1.807) is 13.0 Å². The minimum Gasteiger partial charge on any atom is -0.492 e. The lowest BCUT2D eigenvalue weighted by Gasteiger charge is -2.32. The Balaban J connectivity index is 1.86. The first-order valence-electron chi connectivity index (χ1n) is 7.07. The summed E-state index contributed by atoms with van der Waals surface area (Å²) in [4.78, 5) is 4.64. The Morgan fingerprint density at radius 1 is 1.30 bits per heavy atom. The molecule has 0 aromatic heterocycles. The van der Waals surface area contributed by atoms with Crippen molar-refractivity contribution in [1.29, 1.82) is 0 Å². The van der Waals surface area contributed by atoms with Gasteiger partial charge >= 0.3 is 0 Å². The highest BCUT2D eigenvalue weighted by atomic mass is 19.1. The number of benzene rings is 1. The van der Waals surface area contributed by atoms with Crippen molar-refractivity contribution in [3.05, 3.63) is 29.6 Å². The van der Waals surface area contributed by atoms with Crippen LogP contribution in [-0.4, -0.2) is 61.3 Å². The second-order valence-electron chi connectivity index (χ2n) is 5.35. The first kappa shape index (κ1) is 15.2. The molecule has 5 heteroatoms. The van der Waals surface area contributed by atoms with E-state index in [0.29, 0.717) is 17.9 Å². The van der Waals surface area contributed by atoms with Gasteiger partial charge in [0.2, 0.25) is 0 Å². The normalized spacial score (nSPS) is 19.0. The Labute approximate surface area is 119 Å². The Morgan fingerprint density at radius 3 is 2.65 bits per heavy atom. The largest absolute Gasteiger partial charge is 0.492 e. The molecule has 0 saturated carbocycles. The van der Waals surface area contributed by atoms with E-state index in [-0.39, 0.29) is 5.82 Å². The fourth-order valence-corrected chi connectivity index (χ4v) is 2.33. The van der Waals surface area contributed by atoms with Crippen LogP contribution in [0.25, 0.3) is 0 Å². The second kappa shape index (κ2) is 7.02. The molecule has 0 radical (unpaired) electrons. The Kier molecular flexibility index (Phi) is 5.34. The van der Waals surface area contributed by atoms with Crippen LogP contribution in [0.3, 0.4) is 0 Å². The molecule has 1 N–H and O–H groups in total. The van der Waals surface area contributed by atoms with E-state index in [0.717, 1.165) is 32.7 Å². The summed E-state index contributed by atoms with van der Waals surface area (Å²) in [6, 6.07) is 4.26. The maximum absolute atomic E-state index is 13.3. The highest BCUT2D eigenvalue weighted by Crippen LogP contribution is 2.25. The third-order valence-electron chi connectivity index (χ3n) is 3.69. The third-order valence-corrected chi connectivity index (χ3v) is 3.69. The van der Waals surface area contributed by atoms with Gasteiger partial charge in [-0.1, -0.05) is 0 Å². The van der Waals surface area contributed by atoms with E-state index in [4.69, 9.17) is 4.74 Å². The zero-order valence-electron chi connectivity index (χ0n) is 12.2. The van der Waals surface area contributed by atoms with E-state index in [1.807, 2.05) is 0 Å². The van der Waals surface area contributed by atoms with Crippen molar-refractivity contribution in [1.82, 2.24) is 9.80 Å². The van der Waals surface area contributed by atoms with Gasteiger partial charge in [0.15, 0.2) is 0 Å². The molecule has 0 amide bonds. The van der Waals surface area contributed by atoms with E-state index >= 15 is 0 Å². The van der Waals surface area contributed by atoms with Crippen molar-refractivity contribution >= 4 is 0 Å². The molecular weight excluding hydrogens is 259 g/mol. The summed E-state index contributed by atoms with van der Waals surface area (Å²) in [6.45, 7) is 7.19. The molecule has 1 fully saturated rings. The molecule has 1 saturated heterocycles. The predicted molar refractivity (Wildman–Crippen MR) is 76.5 cm³/mol. The summed E-state index contributed by atoms with van der Waals surface area (Å²) >= 11 is 0. The van der Waals surface area contributed by atoms with Crippen LogP contribution in [0, 0.1) is 5.82 Å². The molecule has 2 rings (SSSR count). The van der Waals surface area contributed by atoms with E-state index in [2.05, 4.69) is 16.8 Å². The van der Waals surface area contributed by atoms with Crippen LogP contribution < -0.4 is 4.74 Å². The van der Waals surface area contributed by atoms with Gasteiger partial charge in [-0.05, 0) is 26.1 Å². The van der Waals surface area contributed by atoms with Crippen molar-refractivity contribution in [2.75, 3.05) is 46.4 Å². The Bertz CT molecular complexity index is 432. The minimum atomic E-state index is -0.658. The third kappa shape index (κ3) is 4.16.